The predicted molar refractivity (Wildman–Crippen MR) is 47.1 cm³/mol. The highest BCUT2D eigenvalue weighted by atomic mass is 16.1. The molecule has 2 fully saturated rings. The van der Waals surface area contributed by atoms with E-state index in [-0.39, 0.29) is 17.1 Å². The number of ketones is 2. The molecule has 13 heavy (non-hydrogen) atoms. The Morgan fingerprint density at radius 1 is 1.38 bits per heavy atom. The molecule has 0 aliphatic heterocycles. The molecule has 0 aromatic heterocycles. The summed E-state index contributed by atoms with van der Waals surface area (Å²) in [7, 11) is 0. The van der Waals surface area contributed by atoms with Crippen molar-refractivity contribution in [1.82, 2.24) is 0 Å². The third kappa shape index (κ3) is 0.835. The summed E-state index contributed by atoms with van der Waals surface area (Å²) in [6.07, 6.45) is 5.97. The highest BCUT2D eigenvalue weighted by Crippen LogP contribution is 2.58. The lowest BCUT2D eigenvalue weighted by Gasteiger charge is -2.29. The molecule has 0 heterocycles. The van der Waals surface area contributed by atoms with Gasteiger partial charge < -0.3 is 0 Å². The van der Waals surface area contributed by atoms with Gasteiger partial charge in [-0.15, -0.1) is 0 Å². The van der Waals surface area contributed by atoms with Crippen LogP contribution in [0.5, 0.6) is 0 Å². The Hall–Kier alpha value is -0.920. The number of hydrogen-bond acceptors (Lipinski definition) is 2. The van der Waals surface area contributed by atoms with E-state index in [4.69, 9.17) is 0 Å². The van der Waals surface area contributed by atoms with Crippen LogP contribution in [0.15, 0.2) is 11.6 Å². The second-order valence-electron chi connectivity index (χ2n) is 4.66. The van der Waals surface area contributed by atoms with E-state index < -0.39 is 0 Å². The first kappa shape index (κ1) is 7.48. The summed E-state index contributed by atoms with van der Waals surface area (Å²) in [6.45, 7) is 0. The molecule has 2 heteroatoms. The van der Waals surface area contributed by atoms with Crippen LogP contribution in [-0.2, 0) is 9.59 Å². The second-order valence-corrected chi connectivity index (χ2v) is 4.66. The van der Waals surface area contributed by atoms with Crippen molar-refractivity contribution in [3.05, 3.63) is 11.6 Å². The molecule has 2 bridgehead atoms. The van der Waals surface area contributed by atoms with Crippen molar-refractivity contribution in [2.45, 2.75) is 32.1 Å². The molecule has 2 unspecified atom stereocenters. The topological polar surface area (TPSA) is 34.1 Å². The summed E-state index contributed by atoms with van der Waals surface area (Å²) >= 11 is 0. The highest BCUT2D eigenvalue weighted by Gasteiger charge is 2.52. The van der Waals surface area contributed by atoms with Crippen LogP contribution in [0.25, 0.3) is 0 Å². The molecule has 0 amide bonds. The van der Waals surface area contributed by atoms with E-state index in [0.717, 1.165) is 19.3 Å². The third-order valence-corrected chi connectivity index (χ3v) is 3.94. The Morgan fingerprint density at radius 3 is 3.08 bits per heavy atom. The first-order chi connectivity index (χ1) is 6.20. The number of Topliss-reactive ketones (excluding diaryl/α,β-unsaturated/α-hetero) is 1. The molecular formula is C11H12O2. The van der Waals surface area contributed by atoms with Crippen LogP contribution in [0, 0.1) is 11.3 Å². The van der Waals surface area contributed by atoms with Crippen molar-refractivity contribution in [1.29, 1.82) is 0 Å². The number of rotatable bonds is 0. The van der Waals surface area contributed by atoms with Gasteiger partial charge in [-0.3, -0.25) is 9.59 Å². The van der Waals surface area contributed by atoms with Crippen molar-refractivity contribution < 1.29 is 9.59 Å². The maximum atomic E-state index is 11.4. The van der Waals surface area contributed by atoms with Crippen LogP contribution >= 0.6 is 0 Å². The van der Waals surface area contributed by atoms with E-state index >= 15 is 0 Å². The molecule has 0 aromatic rings. The Balaban J connectivity index is 2.05. The van der Waals surface area contributed by atoms with Crippen LogP contribution in [0.4, 0.5) is 0 Å². The minimum absolute atomic E-state index is 0.148. The van der Waals surface area contributed by atoms with Gasteiger partial charge >= 0.3 is 0 Å². The molecule has 3 rings (SSSR count). The zero-order valence-corrected chi connectivity index (χ0v) is 7.51. The summed E-state index contributed by atoms with van der Waals surface area (Å²) in [5.74, 6) is 0.962. The number of carbonyl (C=O) groups is 2. The molecule has 3 aliphatic rings. The fraction of sp³-hybridized carbons (Fsp3) is 0.636. The minimum atomic E-state index is 0.148. The maximum Gasteiger partial charge on any atom is 0.156 e. The molecular weight excluding hydrogens is 164 g/mol. The van der Waals surface area contributed by atoms with Gasteiger partial charge in [-0.25, -0.2) is 0 Å². The Labute approximate surface area is 77.0 Å². The van der Waals surface area contributed by atoms with E-state index in [1.807, 2.05) is 0 Å². The monoisotopic (exact) mass is 176 g/mol. The zero-order valence-electron chi connectivity index (χ0n) is 7.51. The largest absolute Gasteiger partial charge is 0.299 e. The molecule has 0 saturated heterocycles. The second kappa shape index (κ2) is 2.11. The van der Waals surface area contributed by atoms with Gasteiger partial charge in [-0.1, -0.05) is 5.57 Å². The average Bonchev–Trinajstić information content (AvgIpc) is 2.49. The Kier molecular flexibility index (Phi) is 1.22. The number of fused-ring (bicyclic) bond motifs is 1. The zero-order chi connectivity index (χ0) is 9.05. The summed E-state index contributed by atoms with van der Waals surface area (Å²) in [5, 5.41) is 0. The first-order valence-electron chi connectivity index (χ1n) is 4.96. The summed E-state index contributed by atoms with van der Waals surface area (Å²) in [4.78, 5) is 22.7. The lowest BCUT2D eigenvalue weighted by molar-refractivity contribution is -0.126. The SMILES string of the molecule is O=C1C=C2CC3CC2(CCC3=O)C1. The third-order valence-electron chi connectivity index (χ3n) is 3.94. The average molecular weight is 176 g/mol. The van der Waals surface area contributed by atoms with Gasteiger partial charge in [-0.2, -0.15) is 0 Å². The van der Waals surface area contributed by atoms with E-state index in [2.05, 4.69) is 0 Å². The van der Waals surface area contributed by atoms with Gasteiger partial charge in [0.25, 0.3) is 0 Å². The molecule has 68 valence electrons. The maximum absolute atomic E-state index is 11.4. The summed E-state index contributed by atoms with van der Waals surface area (Å²) < 4.78 is 0. The fourth-order valence-electron chi connectivity index (χ4n) is 3.28. The molecule has 3 aliphatic carbocycles. The van der Waals surface area contributed by atoms with Crippen LogP contribution in [0.3, 0.4) is 0 Å². The van der Waals surface area contributed by atoms with Crippen molar-refractivity contribution in [2.24, 2.45) is 11.3 Å². The normalized spacial score (nSPS) is 42.2. The minimum Gasteiger partial charge on any atom is -0.299 e. The van der Waals surface area contributed by atoms with Gasteiger partial charge in [0.1, 0.15) is 5.78 Å². The van der Waals surface area contributed by atoms with Gasteiger partial charge in [0.2, 0.25) is 0 Å². The van der Waals surface area contributed by atoms with Crippen LogP contribution in [0.2, 0.25) is 0 Å². The molecule has 1 spiro atoms. The lowest BCUT2D eigenvalue weighted by Crippen LogP contribution is -2.26. The lowest BCUT2D eigenvalue weighted by atomic mass is 9.73. The molecule has 2 nitrogen and oxygen atoms in total. The first-order valence-corrected chi connectivity index (χ1v) is 4.96. The Morgan fingerprint density at radius 2 is 2.23 bits per heavy atom. The summed E-state index contributed by atoms with van der Waals surface area (Å²) in [6, 6.07) is 0. The van der Waals surface area contributed by atoms with E-state index in [1.165, 1.54) is 5.57 Å². The molecule has 0 radical (unpaired) electrons. The van der Waals surface area contributed by atoms with Crippen molar-refractivity contribution in [2.75, 3.05) is 0 Å². The van der Waals surface area contributed by atoms with Gasteiger partial charge in [0.05, 0.1) is 0 Å². The molecule has 2 saturated carbocycles. The summed E-state index contributed by atoms with van der Waals surface area (Å²) in [5.41, 5.74) is 1.43. The standard InChI is InChI=1S/C11H12O2/c12-9-4-8-3-7-5-11(8,6-9)2-1-10(7)13/h4,7H,1-3,5-6H2. The quantitative estimate of drug-likeness (QED) is 0.562. The van der Waals surface area contributed by atoms with Crippen molar-refractivity contribution in [3.8, 4) is 0 Å². The van der Waals surface area contributed by atoms with Crippen molar-refractivity contribution in [3.63, 3.8) is 0 Å². The number of carbonyl (C=O) groups excluding carboxylic acids is 2. The van der Waals surface area contributed by atoms with E-state index in [0.29, 0.717) is 18.6 Å². The number of allylic oxidation sites excluding steroid dienone is 2. The molecule has 2 atom stereocenters. The molecule has 0 N–H and O–H groups in total. The smallest absolute Gasteiger partial charge is 0.156 e. The van der Waals surface area contributed by atoms with E-state index in [9.17, 15) is 9.59 Å². The van der Waals surface area contributed by atoms with Crippen LogP contribution < -0.4 is 0 Å². The van der Waals surface area contributed by atoms with E-state index in [1.54, 1.807) is 6.08 Å². The van der Waals surface area contributed by atoms with Crippen LogP contribution in [-0.4, -0.2) is 11.6 Å². The van der Waals surface area contributed by atoms with Crippen LogP contribution in [0.1, 0.15) is 32.1 Å². The van der Waals surface area contributed by atoms with Crippen molar-refractivity contribution >= 4 is 11.6 Å². The Bertz CT molecular complexity index is 340. The number of hydrogen-bond donors (Lipinski definition) is 0. The van der Waals surface area contributed by atoms with Gasteiger partial charge in [0, 0.05) is 18.8 Å². The fourth-order valence-corrected chi connectivity index (χ4v) is 3.28. The predicted octanol–water partition coefficient (Wildman–Crippen LogP) is 1.64. The van der Waals surface area contributed by atoms with Gasteiger partial charge in [-0.05, 0) is 30.8 Å². The highest BCUT2D eigenvalue weighted by molar-refractivity contribution is 5.96. The molecule has 0 aromatic carbocycles. The van der Waals surface area contributed by atoms with Gasteiger partial charge in [0.15, 0.2) is 5.78 Å².